The number of rotatable bonds is 2. The smallest absolute Gasteiger partial charge is 0.199 e. The van der Waals surface area contributed by atoms with Gasteiger partial charge in [0, 0.05) is 18.0 Å². The largest absolute Gasteiger partial charge is 0.448 e. The van der Waals surface area contributed by atoms with Crippen LogP contribution in [0.1, 0.15) is 23.8 Å². The maximum Gasteiger partial charge on any atom is 0.199 e. The van der Waals surface area contributed by atoms with Gasteiger partial charge in [0.25, 0.3) is 0 Å². The molecule has 0 bridgehead atoms. The minimum Gasteiger partial charge on any atom is -0.448 e. The van der Waals surface area contributed by atoms with E-state index in [1.807, 2.05) is 0 Å². The number of aryl methyl sites for hydroxylation is 1. The Morgan fingerprint density at radius 3 is 3.12 bits per heavy atom. The van der Waals surface area contributed by atoms with Crippen molar-refractivity contribution in [3.05, 3.63) is 42.0 Å². The maximum atomic E-state index is 5.59. The molecule has 1 aliphatic heterocycles. The van der Waals surface area contributed by atoms with Crippen molar-refractivity contribution in [1.29, 1.82) is 0 Å². The summed E-state index contributed by atoms with van der Waals surface area (Å²) in [5.41, 5.74) is 3.32. The third-order valence-electron chi connectivity index (χ3n) is 3.25. The van der Waals surface area contributed by atoms with Crippen molar-refractivity contribution in [3.63, 3.8) is 0 Å². The van der Waals surface area contributed by atoms with Crippen LogP contribution in [0.4, 0.5) is 0 Å². The highest BCUT2D eigenvalue weighted by Crippen LogP contribution is 2.26. The van der Waals surface area contributed by atoms with Crippen molar-refractivity contribution < 1.29 is 4.42 Å². The predicted octanol–water partition coefficient (Wildman–Crippen LogP) is 2.73. The summed E-state index contributed by atoms with van der Waals surface area (Å²) in [7, 11) is 0. The number of hydrogen-bond acceptors (Lipinski definition) is 3. The fourth-order valence-corrected chi connectivity index (χ4v) is 2.28. The number of aromatic nitrogens is 1. The van der Waals surface area contributed by atoms with Gasteiger partial charge in [0.2, 0.25) is 0 Å². The van der Waals surface area contributed by atoms with E-state index in [4.69, 9.17) is 4.42 Å². The van der Waals surface area contributed by atoms with Crippen LogP contribution in [-0.2, 0) is 0 Å². The molecule has 1 N–H and O–H groups in total. The van der Waals surface area contributed by atoms with Gasteiger partial charge in [-0.05, 0) is 26.0 Å². The van der Waals surface area contributed by atoms with Gasteiger partial charge in [-0.3, -0.25) is 0 Å². The van der Waals surface area contributed by atoms with Gasteiger partial charge >= 0.3 is 0 Å². The topological polar surface area (TPSA) is 38.1 Å². The number of nitrogens with zero attached hydrogens (tertiary/aromatic N) is 1. The Morgan fingerprint density at radius 1 is 1.41 bits per heavy atom. The quantitative estimate of drug-likeness (QED) is 0.858. The number of oxazole rings is 1. The Hall–Kier alpha value is -1.61. The number of benzene rings is 1. The average Bonchev–Trinajstić information content (AvgIpc) is 3.00. The van der Waals surface area contributed by atoms with E-state index in [1.165, 1.54) is 5.56 Å². The molecule has 1 aliphatic rings. The van der Waals surface area contributed by atoms with Crippen molar-refractivity contribution in [2.24, 2.45) is 0 Å². The highest BCUT2D eigenvalue weighted by atomic mass is 16.3. The van der Waals surface area contributed by atoms with Crippen molar-refractivity contribution in [2.75, 3.05) is 13.1 Å². The fraction of sp³-hybridized carbons (Fsp3) is 0.357. The molecule has 0 amide bonds. The first-order chi connectivity index (χ1) is 8.33. The molecule has 1 atom stereocenters. The molecule has 1 saturated heterocycles. The van der Waals surface area contributed by atoms with Crippen molar-refractivity contribution >= 4 is 0 Å². The summed E-state index contributed by atoms with van der Waals surface area (Å²) >= 11 is 0. The lowest BCUT2D eigenvalue weighted by Gasteiger charge is -2.00. The second-order valence-corrected chi connectivity index (χ2v) is 4.63. The minimum atomic E-state index is 0.438. The molecule has 3 heteroatoms. The SMILES string of the molecule is Cc1cccc(-c2coc(C3CCNC3)n2)c1. The van der Waals surface area contributed by atoms with Crippen LogP contribution in [0.15, 0.2) is 34.9 Å². The van der Waals surface area contributed by atoms with E-state index in [2.05, 4.69) is 41.5 Å². The lowest BCUT2D eigenvalue weighted by molar-refractivity contribution is 0.457. The van der Waals surface area contributed by atoms with Gasteiger partial charge in [-0.2, -0.15) is 0 Å². The van der Waals surface area contributed by atoms with Gasteiger partial charge in [-0.15, -0.1) is 0 Å². The van der Waals surface area contributed by atoms with Gasteiger partial charge in [-0.1, -0.05) is 23.8 Å². The first-order valence-corrected chi connectivity index (χ1v) is 6.06. The van der Waals surface area contributed by atoms with E-state index in [-0.39, 0.29) is 0 Å². The average molecular weight is 228 g/mol. The van der Waals surface area contributed by atoms with Crippen LogP contribution in [-0.4, -0.2) is 18.1 Å². The highest BCUT2D eigenvalue weighted by molar-refractivity contribution is 5.58. The van der Waals surface area contributed by atoms with Gasteiger partial charge in [-0.25, -0.2) is 4.98 Å². The van der Waals surface area contributed by atoms with E-state index < -0.39 is 0 Å². The molecule has 88 valence electrons. The van der Waals surface area contributed by atoms with Crippen LogP contribution >= 0.6 is 0 Å². The van der Waals surface area contributed by atoms with E-state index in [0.29, 0.717) is 5.92 Å². The normalized spacial score (nSPS) is 19.7. The van der Waals surface area contributed by atoms with E-state index in [1.54, 1.807) is 6.26 Å². The summed E-state index contributed by atoms with van der Waals surface area (Å²) in [6.45, 7) is 4.13. The van der Waals surface area contributed by atoms with E-state index in [9.17, 15) is 0 Å². The maximum absolute atomic E-state index is 5.59. The molecule has 2 heterocycles. The fourth-order valence-electron chi connectivity index (χ4n) is 2.28. The zero-order chi connectivity index (χ0) is 11.7. The second kappa shape index (κ2) is 4.34. The highest BCUT2D eigenvalue weighted by Gasteiger charge is 2.21. The molecule has 17 heavy (non-hydrogen) atoms. The zero-order valence-corrected chi connectivity index (χ0v) is 9.94. The van der Waals surface area contributed by atoms with Gasteiger partial charge in [0.05, 0.1) is 0 Å². The van der Waals surface area contributed by atoms with E-state index in [0.717, 1.165) is 36.7 Å². The van der Waals surface area contributed by atoms with E-state index >= 15 is 0 Å². The predicted molar refractivity (Wildman–Crippen MR) is 66.9 cm³/mol. The summed E-state index contributed by atoms with van der Waals surface area (Å²) in [6, 6.07) is 8.34. The Balaban J connectivity index is 1.89. The zero-order valence-electron chi connectivity index (χ0n) is 9.94. The molecule has 0 spiro atoms. The van der Waals surface area contributed by atoms with Crippen LogP contribution in [0.2, 0.25) is 0 Å². The third kappa shape index (κ3) is 2.11. The molecule has 3 rings (SSSR count). The summed E-state index contributed by atoms with van der Waals surface area (Å²) in [5.74, 6) is 1.31. The Kier molecular flexibility index (Phi) is 2.69. The summed E-state index contributed by atoms with van der Waals surface area (Å²) < 4.78 is 5.59. The van der Waals surface area contributed by atoms with Gasteiger partial charge < -0.3 is 9.73 Å². The number of hydrogen-bond donors (Lipinski definition) is 1. The summed E-state index contributed by atoms with van der Waals surface area (Å²) in [6.07, 6.45) is 2.89. The van der Waals surface area contributed by atoms with Crippen LogP contribution in [0.5, 0.6) is 0 Å². The molecule has 2 aromatic rings. The Bertz CT molecular complexity index is 512. The molecule has 1 unspecified atom stereocenters. The number of nitrogens with one attached hydrogen (secondary N) is 1. The molecule has 1 fully saturated rings. The van der Waals surface area contributed by atoms with Crippen LogP contribution < -0.4 is 5.32 Å². The second-order valence-electron chi connectivity index (χ2n) is 4.63. The molecular formula is C14H16N2O. The van der Waals surface area contributed by atoms with Crippen LogP contribution in [0, 0.1) is 6.92 Å². The molecule has 1 aromatic carbocycles. The van der Waals surface area contributed by atoms with Crippen LogP contribution in [0.25, 0.3) is 11.3 Å². The Labute approximate surface area is 101 Å². The minimum absolute atomic E-state index is 0.438. The Morgan fingerprint density at radius 2 is 2.35 bits per heavy atom. The monoisotopic (exact) mass is 228 g/mol. The summed E-state index contributed by atoms with van der Waals surface area (Å²) in [5, 5.41) is 3.33. The third-order valence-corrected chi connectivity index (χ3v) is 3.25. The standard InChI is InChI=1S/C14H16N2O/c1-10-3-2-4-11(7-10)13-9-17-14(16-13)12-5-6-15-8-12/h2-4,7,9,12,15H,5-6,8H2,1H3. The van der Waals surface area contributed by atoms with Crippen molar-refractivity contribution in [3.8, 4) is 11.3 Å². The van der Waals surface area contributed by atoms with Gasteiger partial charge in [0.1, 0.15) is 12.0 Å². The molecule has 3 nitrogen and oxygen atoms in total. The molecule has 0 radical (unpaired) electrons. The molecule has 1 aromatic heterocycles. The molecule has 0 aliphatic carbocycles. The molecule has 0 saturated carbocycles. The van der Waals surface area contributed by atoms with Gasteiger partial charge in [0.15, 0.2) is 5.89 Å². The van der Waals surface area contributed by atoms with Crippen molar-refractivity contribution in [1.82, 2.24) is 10.3 Å². The lowest BCUT2D eigenvalue weighted by Crippen LogP contribution is -2.08. The van der Waals surface area contributed by atoms with Crippen LogP contribution in [0.3, 0.4) is 0 Å². The first-order valence-electron chi connectivity index (χ1n) is 6.06. The lowest BCUT2D eigenvalue weighted by atomic mass is 10.1. The summed E-state index contributed by atoms with van der Waals surface area (Å²) in [4.78, 5) is 4.60. The first kappa shape index (κ1) is 10.5. The van der Waals surface area contributed by atoms with Crippen molar-refractivity contribution in [2.45, 2.75) is 19.3 Å². The molecular weight excluding hydrogens is 212 g/mol.